The van der Waals surface area contributed by atoms with Gasteiger partial charge in [-0.15, -0.1) is 0 Å². The Labute approximate surface area is 151 Å². The smallest absolute Gasteiger partial charge is 0.237 e. The van der Waals surface area contributed by atoms with Crippen LogP contribution < -0.4 is 11.1 Å². The van der Waals surface area contributed by atoms with E-state index in [4.69, 9.17) is 5.73 Å². The van der Waals surface area contributed by atoms with Gasteiger partial charge in [0.2, 0.25) is 5.91 Å². The summed E-state index contributed by atoms with van der Waals surface area (Å²) in [4.78, 5) is 25.7. The predicted octanol–water partition coefficient (Wildman–Crippen LogP) is -1.56. The Balaban J connectivity index is 1.49. The van der Waals surface area contributed by atoms with E-state index in [0.29, 0.717) is 6.04 Å². The highest BCUT2D eigenvalue weighted by Crippen LogP contribution is 2.17. The number of rotatable bonds is 4. The quantitative estimate of drug-likeness (QED) is 0.471. The lowest BCUT2D eigenvalue weighted by Crippen LogP contribution is -2.65. The van der Waals surface area contributed by atoms with Gasteiger partial charge in [-0.25, -0.2) is 0 Å². The molecule has 0 radical (unpaired) electrons. The molecule has 4 heterocycles. The molecule has 0 spiro atoms. The van der Waals surface area contributed by atoms with Crippen LogP contribution in [0.5, 0.6) is 0 Å². The molecule has 0 aromatic rings. The summed E-state index contributed by atoms with van der Waals surface area (Å²) in [7, 11) is 1.85. The summed E-state index contributed by atoms with van der Waals surface area (Å²) in [6.45, 7) is 14.1. The summed E-state index contributed by atoms with van der Waals surface area (Å²) in [5.41, 5.74) is 4.95. The zero-order valence-electron chi connectivity index (χ0n) is 15.9. The molecule has 2 bridgehead atoms. The molecule has 0 aromatic carbocycles. The Morgan fingerprint density at radius 1 is 1.12 bits per heavy atom. The molecule has 142 valence electrons. The van der Waals surface area contributed by atoms with Crippen molar-refractivity contribution in [3.63, 3.8) is 0 Å². The second-order valence-corrected chi connectivity index (χ2v) is 7.82. The van der Waals surface area contributed by atoms with Crippen molar-refractivity contribution in [1.29, 1.82) is 0 Å². The van der Waals surface area contributed by atoms with Gasteiger partial charge in [-0.3, -0.25) is 24.5 Å². The van der Waals surface area contributed by atoms with Crippen molar-refractivity contribution in [3.05, 3.63) is 0 Å². The molecule has 8 nitrogen and oxygen atoms in total. The van der Waals surface area contributed by atoms with Gasteiger partial charge in [0.1, 0.15) is 0 Å². The van der Waals surface area contributed by atoms with Crippen LogP contribution in [0.3, 0.4) is 0 Å². The first-order chi connectivity index (χ1) is 11.9. The lowest BCUT2D eigenvalue weighted by Gasteiger charge is -2.48. The van der Waals surface area contributed by atoms with E-state index < -0.39 is 5.54 Å². The first-order valence-electron chi connectivity index (χ1n) is 9.39. The summed E-state index contributed by atoms with van der Waals surface area (Å²) in [6.07, 6.45) is 0. The fourth-order valence-corrected chi connectivity index (χ4v) is 4.09. The van der Waals surface area contributed by atoms with Crippen molar-refractivity contribution in [2.24, 2.45) is 10.7 Å². The maximum Gasteiger partial charge on any atom is 0.237 e. The number of hydrogen-bond donors (Lipinski definition) is 2. The predicted molar refractivity (Wildman–Crippen MR) is 99.6 cm³/mol. The molecule has 3 N–H and O–H groups in total. The van der Waals surface area contributed by atoms with E-state index in [-0.39, 0.29) is 5.91 Å². The topological polar surface area (TPSA) is 80.4 Å². The zero-order valence-corrected chi connectivity index (χ0v) is 15.9. The van der Waals surface area contributed by atoms with Crippen LogP contribution in [0.2, 0.25) is 0 Å². The molecule has 0 aliphatic carbocycles. The van der Waals surface area contributed by atoms with Crippen LogP contribution in [0.4, 0.5) is 0 Å². The molecular formula is C17H33N7O. The molecule has 1 unspecified atom stereocenters. The molecule has 4 saturated heterocycles. The molecule has 4 aliphatic rings. The van der Waals surface area contributed by atoms with Crippen LogP contribution in [0.1, 0.15) is 13.8 Å². The maximum atomic E-state index is 11.7. The molecule has 0 aromatic heterocycles. The average molecular weight is 351 g/mol. The first-order valence-corrected chi connectivity index (χ1v) is 9.39. The molecule has 4 aliphatic heterocycles. The van der Waals surface area contributed by atoms with Crippen LogP contribution in [0.15, 0.2) is 4.99 Å². The van der Waals surface area contributed by atoms with E-state index in [2.05, 4.69) is 29.9 Å². The number of hydrogen-bond acceptors (Lipinski definition) is 5. The van der Waals surface area contributed by atoms with Gasteiger partial charge in [-0.2, -0.15) is 0 Å². The minimum atomic E-state index is -0.591. The summed E-state index contributed by atoms with van der Waals surface area (Å²) < 4.78 is 0. The van der Waals surface area contributed by atoms with E-state index in [1.807, 2.05) is 20.9 Å². The first kappa shape index (κ1) is 18.4. The maximum absolute atomic E-state index is 11.7. The highest BCUT2D eigenvalue weighted by molar-refractivity contribution is 5.84. The van der Waals surface area contributed by atoms with E-state index in [0.717, 1.165) is 45.2 Å². The fourth-order valence-electron chi connectivity index (χ4n) is 4.09. The Hall–Kier alpha value is -1.38. The minimum absolute atomic E-state index is 0.264. The lowest BCUT2D eigenvalue weighted by molar-refractivity contribution is -0.129. The fraction of sp³-hybridized carbons (Fsp3) is 0.882. The summed E-state index contributed by atoms with van der Waals surface area (Å²) >= 11 is 0. The van der Waals surface area contributed by atoms with Crippen molar-refractivity contribution in [2.75, 3.05) is 72.5 Å². The number of carbonyl (C=O) groups excluding carboxylic acids is 1. The SMILES string of the molecule is CN=C(NCC1CN2CCN1CC2)N1CCN(C(C)(C)C(N)=O)CC1. The summed E-state index contributed by atoms with van der Waals surface area (Å²) in [6, 6.07) is 0.578. The number of nitrogens with two attached hydrogens (primary N) is 1. The molecule has 1 amide bonds. The average Bonchev–Trinajstić information content (AvgIpc) is 2.63. The van der Waals surface area contributed by atoms with Gasteiger partial charge >= 0.3 is 0 Å². The Kier molecular flexibility index (Phi) is 5.50. The Bertz CT molecular complexity index is 505. The third-order valence-electron chi connectivity index (χ3n) is 6.07. The normalized spacial score (nSPS) is 31.2. The number of fused-ring (bicyclic) bond motifs is 3. The number of primary amides is 1. The van der Waals surface area contributed by atoms with Crippen molar-refractivity contribution in [3.8, 4) is 0 Å². The number of nitrogens with zero attached hydrogens (tertiary/aromatic N) is 5. The zero-order chi connectivity index (χ0) is 18.0. The standard InChI is InChI=1S/C17H33N7O/c1-17(2,15(18)25)24-10-8-23(9-11-24)16(19-3)20-12-14-13-21-4-6-22(14)7-5-21/h14H,4-13H2,1-3H3,(H2,18,25)(H,19,20). The van der Waals surface area contributed by atoms with Gasteiger partial charge in [0.15, 0.2) is 5.96 Å². The second-order valence-electron chi connectivity index (χ2n) is 7.82. The minimum Gasteiger partial charge on any atom is -0.368 e. The molecule has 1 atom stereocenters. The lowest BCUT2D eigenvalue weighted by atomic mass is 10.0. The van der Waals surface area contributed by atoms with E-state index in [1.165, 1.54) is 26.2 Å². The van der Waals surface area contributed by atoms with Crippen LogP contribution in [0, 0.1) is 0 Å². The third-order valence-corrected chi connectivity index (χ3v) is 6.07. The van der Waals surface area contributed by atoms with Crippen molar-refractivity contribution in [2.45, 2.75) is 25.4 Å². The summed E-state index contributed by atoms with van der Waals surface area (Å²) in [5.74, 6) is 0.703. The van der Waals surface area contributed by atoms with Crippen molar-refractivity contribution < 1.29 is 4.79 Å². The third kappa shape index (κ3) is 3.91. The van der Waals surface area contributed by atoms with E-state index in [1.54, 1.807) is 0 Å². The number of amides is 1. The van der Waals surface area contributed by atoms with E-state index in [9.17, 15) is 4.79 Å². The molecular weight excluding hydrogens is 318 g/mol. The Morgan fingerprint density at radius 2 is 1.76 bits per heavy atom. The number of guanidine groups is 1. The van der Waals surface area contributed by atoms with Gasteiger partial charge in [-0.05, 0) is 13.8 Å². The molecule has 0 saturated carbocycles. The van der Waals surface area contributed by atoms with E-state index >= 15 is 0 Å². The van der Waals surface area contributed by atoms with Gasteiger partial charge < -0.3 is 16.0 Å². The van der Waals surface area contributed by atoms with Crippen LogP contribution in [0.25, 0.3) is 0 Å². The van der Waals surface area contributed by atoms with Crippen LogP contribution in [-0.4, -0.2) is 116 Å². The molecule has 4 fully saturated rings. The molecule has 8 heteroatoms. The van der Waals surface area contributed by atoms with Crippen LogP contribution in [-0.2, 0) is 4.79 Å². The van der Waals surface area contributed by atoms with Crippen LogP contribution >= 0.6 is 0 Å². The number of piperazine rings is 4. The van der Waals surface area contributed by atoms with Gasteiger partial charge in [0.05, 0.1) is 5.54 Å². The largest absolute Gasteiger partial charge is 0.368 e. The monoisotopic (exact) mass is 351 g/mol. The Morgan fingerprint density at radius 3 is 2.24 bits per heavy atom. The van der Waals surface area contributed by atoms with Crippen molar-refractivity contribution in [1.82, 2.24) is 24.9 Å². The number of carbonyl (C=O) groups is 1. The van der Waals surface area contributed by atoms with Gasteiger partial charge in [0.25, 0.3) is 0 Å². The second kappa shape index (κ2) is 7.47. The highest BCUT2D eigenvalue weighted by atomic mass is 16.1. The van der Waals surface area contributed by atoms with Crippen molar-refractivity contribution >= 4 is 11.9 Å². The highest BCUT2D eigenvalue weighted by Gasteiger charge is 2.36. The number of nitrogens with one attached hydrogen (secondary N) is 1. The molecule has 25 heavy (non-hydrogen) atoms. The summed E-state index contributed by atoms with van der Waals surface area (Å²) in [5, 5.41) is 3.57. The molecule has 4 rings (SSSR count). The van der Waals surface area contributed by atoms with Gasteiger partial charge in [-0.1, -0.05) is 0 Å². The van der Waals surface area contributed by atoms with Gasteiger partial charge in [0, 0.05) is 78.5 Å². The number of aliphatic imine (C=N–C) groups is 1.